The molecule has 1 N–H and O–H groups in total. The average Bonchev–Trinajstić information content (AvgIpc) is 2.47. The van der Waals surface area contributed by atoms with Crippen LogP contribution in [0, 0.1) is 11.3 Å². The van der Waals surface area contributed by atoms with Crippen molar-refractivity contribution in [1.82, 2.24) is 0 Å². The van der Waals surface area contributed by atoms with Gasteiger partial charge in [0.1, 0.15) is 0 Å². The van der Waals surface area contributed by atoms with Gasteiger partial charge in [0, 0.05) is 9.65 Å². The van der Waals surface area contributed by atoms with Crippen molar-refractivity contribution in [2.24, 2.45) is 11.3 Å². The first-order valence-corrected chi connectivity index (χ1v) is 11.0. The second-order valence-corrected chi connectivity index (χ2v) is 11.4. The zero-order valence-corrected chi connectivity index (χ0v) is 19.0. The van der Waals surface area contributed by atoms with Crippen molar-refractivity contribution in [3.63, 3.8) is 0 Å². The summed E-state index contributed by atoms with van der Waals surface area (Å²) in [6, 6.07) is 0. The molecule has 4 heteroatoms. The van der Waals surface area contributed by atoms with Crippen LogP contribution in [0.1, 0.15) is 73.1 Å². The summed E-state index contributed by atoms with van der Waals surface area (Å²) in [6.45, 7) is 14.9. The molecule has 0 radical (unpaired) electrons. The Morgan fingerprint density at radius 3 is 2.25 bits per heavy atom. The summed E-state index contributed by atoms with van der Waals surface area (Å²) in [6.07, 6.45) is 7.82. The van der Waals surface area contributed by atoms with Gasteiger partial charge >= 0.3 is 0 Å². The molecule has 0 bridgehead atoms. The molecule has 2 fully saturated rings. The summed E-state index contributed by atoms with van der Waals surface area (Å²) < 4.78 is 6.52. The Morgan fingerprint density at radius 2 is 1.67 bits per heavy atom. The van der Waals surface area contributed by atoms with Crippen LogP contribution in [0.4, 0.5) is 0 Å². The number of hydrogen-bond acceptors (Lipinski definition) is 2. The van der Waals surface area contributed by atoms with Crippen LogP contribution in [0.3, 0.4) is 0 Å². The lowest BCUT2D eigenvalue weighted by Gasteiger charge is -2.53. The molecule has 140 valence electrons. The molecule has 0 aromatic rings. The molecule has 6 atom stereocenters. The van der Waals surface area contributed by atoms with E-state index in [0.717, 1.165) is 38.5 Å². The molecule has 0 aromatic carbocycles. The Labute approximate surface area is 165 Å². The Bertz CT molecular complexity index is 476. The van der Waals surface area contributed by atoms with Gasteiger partial charge in [-0.05, 0) is 70.6 Å². The van der Waals surface area contributed by atoms with E-state index in [1.54, 1.807) is 0 Å². The Kier molecular flexibility index (Phi) is 6.08. The van der Waals surface area contributed by atoms with Crippen molar-refractivity contribution in [3.8, 4) is 0 Å². The summed E-state index contributed by atoms with van der Waals surface area (Å²) in [7, 11) is 0. The fourth-order valence-corrected chi connectivity index (χ4v) is 5.92. The van der Waals surface area contributed by atoms with Crippen LogP contribution in [0.2, 0.25) is 0 Å². The fraction of sp³-hybridized carbons (Fsp3) is 0.900. The second kappa shape index (κ2) is 6.98. The standard InChI is InChI=1S/C20H34Br2O2/c1-7-18(4)11-9-16(22)20(6,24-18)13-8-14-17(2,3)15(21)10-12-19(14,5)23/h7,14-16,23H,1,8-13H2,2-6H3/t14-,15-,16-,18-,19+,20+/m1/s1. The van der Waals surface area contributed by atoms with Crippen molar-refractivity contribution in [2.75, 3.05) is 0 Å². The number of halogens is 2. The third-order valence-electron chi connectivity index (χ3n) is 6.74. The van der Waals surface area contributed by atoms with E-state index in [2.05, 4.69) is 66.1 Å². The summed E-state index contributed by atoms with van der Waals surface area (Å²) in [5, 5.41) is 11.0. The highest BCUT2D eigenvalue weighted by molar-refractivity contribution is 9.09. The number of hydrogen-bond donors (Lipinski definition) is 1. The highest BCUT2D eigenvalue weighted by Gasteiger charge is 2.51. The van der Waals surface area contributed by atoms with Gasteiger partial charge in [0.05, 0.1) is 16.8 Å². The molecule has 1 aliphatic heterocycles. The van der Waals surface area contributed by atoms with Crippen molar-refractivity contribution in [2.45, 2.75) is 99.6 Å². The molecule has 0 unspecified atom stereocenters. The first-order chi connectivity index (χ1) is 10.9. The molecule has 2 aliphatic rings. The molecule has 1 heterocycles. The van der Waals surface area contributed by atoms with E-state index in [-0.39, 0.29) is 22.5 Å². The summed E-state index contributed by atoms with van der Waals surface area (Å²) >= 11 is 7.71. The number of rotatable bonds is 4. The predicted octanol–water partition coefficient (Wildman–Crippen LogP) is 5.99. The van der Waals surface area contributed by atoms with Crippen molar-refractivity contribution < 1.29 is 9.84 Å². The number of aliphatic hydroxyl groups is 1. The normalized spacial score (nSPS) is 48.9. The second-order valence-electron chi connectivity index (χ2n) is 9.21. The van der Waals surface area contributed by atoms with E-state index >= 15 is 0 Å². The van der Waals surface area contributed by atoms with E-state index in [1.807, 2.05) is 13.0 Å². The van der Waals surface area contributed by atoms with E-state index < -0.39 is 5.60 Å². The van der Waals surface area contributed by atoms with Gasteiger partial charge in [-0.25, -0.2) is 0 Å². The molecule has 1 saturated carbocycles. The molecule has 24 heavy (non-hydrogen) atoms. The average molecular weight is 466 g/mol. The van der Waals surface area contributed by atoms with Crippen LogP contribution < -0.4 is 0 Å². The van der Waals surface area contributed by atoms with E-state index in [1.165, 1.54) is 0 Å². The Morgan fingerprint density at radius 1 is 1.08 bits per heavy atom. The monoisotopic (exact) mass is 464 g/mol. The Balaban J connectivity index is 2.16. The van der Waals surface area contributed by atoms with E-state index in [9.17, 15) is 5.11 Å². The maximum absolute atomic E-state index is 11.0. The van der Waals surface area contributed by atoms with Crippen LogP contribution in [-0.2, 0) is 4.74 Å². The largest absolute Gasteiger partial charge is 0.390 e. The maximum atomic E-state index is 11.0. The van der Waals surface area contributed by atoms with Gasteiger partial charge in [-0.15, -0.1) is 6.58 Å². The lowest BCUT2D eigenvalue weighted by atomic mass is 9.59. The third-order valence-corrected chi connectivity index (χ3v) is 9.81. The van der Waals surface area contributed by atoms with Crippen molar-refractivity contribution >= 4 is 31.9 Å². The van der Waals surface area contributed by atoms with Crippen LogP contribution in [0.5, 0.6) is 0 Å². The smallest absolute Gasteiger partial charge is 0.0840 e. The molecule has 1 aliphatic carbocycles. The van der Waals surface area contributed by atoms with Crippen LogP contribution in [-0.4, -0.2) is 31.6 Å². The van der Waals surface area contributed by atoms with Gasteiger partial charge in [0.15, 0.2) is 0 Å². The fourth-order valence-electron chi connectivity index (χ4n) is 4.82. The first kappa shape index (κ1) is 20.9. The first-order valence-electron chi connectivity index (χ1n) is 9.21. The predicted molar refractivity (Wildman–Crippen MR) is 109 cm³/mol. The quantitative estimate of drug-likeness (QED) is 0.407. The zero-order valence-electron chi connectivity index (χ0n) is 15.9. The molecule has 2 rings (SSSR count). The highest BCUT2D eigenvalue weighted by Crippen LogP contribution is 2.52. The lowest BCUT2D eigenvalue weighted by molar-refractivity contribution is -0.158. The van der Waals surface area contributed by atoms with Gasteiger partial charge in [-0.3, -0.25) is 0 Å². The minimum Gasteiger partial charge on any atom is -0.390 e. The number of ether oxygens (including phenoxy) is 1. The summed E-state index contributed by atoms with van der Waals surface area (Å²) in [5.74, 6) is 0.250. The summed E-state index contributed by atoms with van der Waals surface area (Å²) in [5.41, 5.74) is -1.02. The minimum atomic E-state index is -0.609. The molecular formula is C20H34Br2O2. The molecule has 0 aromatic heterocycles. The topological polar surface area (TPSA) is 29.5 Å². The van der Waals surface area contributed by atoms with Crippen LogP contribution in [0.25, 0.3) is 0 Å². The van der Waals surface area contributed by atoms with Gasteiger partial charge in [-0.1, -0.05) is 51.8 Å². The van der Waals surface area contributed by atoms with Crippen LogP contribution >= 0.6 is 31.9 Å². The minimum absolute atomic E-state index is 0.0658. The van der Waals surface area contributed by atoms with E-state index in [0.29, 0.717) is 9.65 Å². The maximum Gasteiger partial charge on any atom is 0.0840 e. The number of alkyl halides is 2. The van der Waals surface area contributed by atoms with Gasteiger partial charge in [-0.2, -0.15) is 0 Å². The molecule has 1 saturated heterocycles. The third kappa shape index (κ3) is 3.97. The van der Waals surface area contributed by atoms with Gasteiger partial charge in [0.25, 0.3) is 0 Å². The van der Waals surface area contributed by atoms with Gasteiger partial charge in [0.2, 0.25) is 0 Å². The van der Waals surface area contributed by atoms with Crippen molar-refractivity contribution in [3.05, 3.63) is 12.7 Å². The highest BCUT2D eigenvalue weighted by atomic mass is 79.9. The van der Waals surface area contributed by atoms with Crippen molar-refractivity contribution in [1.29, 1.82) is 0 Å². The van der Waals surface area contributed by atoms with Gasteiger partial charge < -0.3 is 9.84 Å². The van der Waals surface area contributed by atoms with E-state index in [4.69, 9.17) is 4.74 Å². The molecule has 0 amide bonds. The Hall–Kier alpha value is 0.620. The van der Waals surface area contributed by atoms with Crippen LogP contribution in [0.15, 0.2) is 12.7 Å². The zero-order chi connectivity index (χ0) is 18.4. The molecule has 2 nitrogen and oxygen atoms in total. The summed E-state index contributed by atoms with van der Waals surface area (Å²) in [4.78, 5) is 0.794. The SMILES string of the molecule is C=C[C@]1(C)CC[C@@H](Br)[C@](C)(CC[C@@H]2C(C)(C)[C@H](Br)CC[C@]2(C)O)O1. The molecular weight excluding hydrogens is 432 g/mol. The lowest BCUT2D eigenvalue weighted by Crippen LogP contribution is -2.54. The molecule has 0 spiro atoms.